The number of alkyl halides is 2. The fraction of sp³-hybridized carbons (Fsp3) is 0.409. The van der Waals surface area contributed by atoms with Gasteiger partial charge >= 0.3 is 0 Å². The quantitative estimate of drug-likeness (QED) is 0.525. The first kappa shape index (κ1) is 21.5. The van der Waals surface area contributed by atoms with E-state index in [1.165, 1.54) is 6.07 Å². The minimum Gasteiger partial charge on any atom is -0.443 e. The Morgan fingerprint density at radius 1 is 1.32 bits per heavy atom. The van der Waals surface area contributed by atoms with Gasteiger partial charge in [-0.1, -0.05) is 29.8 Å². The highest BCUT2D eigenvalue weighted by Crippen LogP contribution is 2.32. The van der Waals surface area contributed by atoms with Gasteiger partial charge in [0.05, 0.1) is 11.9 Å². The van der Waals surface area contributed by atoms with Crippen molar-refractivity contribution >= 4 is 17.5 Å². The van der Waals surface area contributed by atoms with E-state index in [0.29, 0.717) is 41.8 Å². The molecule has 0 spiro atoms. The van der Waals surface area contributed by atoms with Gasteiger partial charge in [0.1, 0.15) is 24.0 Å². The lowest BCUT2D eigenvalue weighted by Gasteiger charge is -2.34. The molecule has 31 heavy (non-hydrogen) atoms. The van der Waals surface area contributed by atoms with Crippen LogP contribution < -0.4 is 0 Å². The van der Waals surface area contributed by atoms with Crippen LogP contribution in [0.4, 0.5) is 8.78 Å². The summed E-state index contributed by atoms with van der Waals surface area (Å²) in [7, 11) is 0. The number of aromatic nitrogens is 3. The van der Waals surface area contributed by atoms with Crippen LogP contribution in [0.3, 0.4) is 0 Å². The highest BCUT2D eigenvalue weighted by atomic mass is 35.5. The average molecular weight is 449 g/mol. The Kier molecular flexibility index (Phi) is 6.36. The molecule has 0 aliphatic carbocycles. The summed E-state index contributed by atoms with van der Waals surface area (Å²) in [5, 5.41) is 4.71. The monoisotopic (exact) mass is 448 g/mol. The van der Waals surface area contributed by atoms with E-state index in [0.717, 1.165) is 23.1 Å². The van der Waals surface area contributed by atoms with Crippen LogP contribution in [-0.2, 0) is 17.8 Å². The molecule has 1 aliphatic heterocycles. The predicted molar refractivity (Wildman–Crippen MR) is 111 cm³/mol. The van der Waals surface area contributed by atoms with E-state index in [4.69, 9.17) is 16.0 Å². The molecule has 6 nitrogen and oxygen atoms in total. The number of halogens is 3. The molecule has 1 atom stereocenters. The van der Waals surface area contributed by atoms with Crippen molar-refractivity contribution in [2.75, 3.05) is 6.54 Å². The van der Waals surface area contributed by atoms with Crippen LogP contribution in [0.5, 0.6) is 0 Å². The predicted octanol–water partition coefficient (Wildman–Crippen LogP) is 5.12. The summed E-state index contributed by atoms with van der Waals surface area (Å²) < 4.78 is 33.6. The van der Waals surface area contributed by atoms with Gasteiger partial charge in [0.2, 0.25) is 11.8 Å². The smallest absolute Gasteiger partial charge is 0.280 e. The molecule has 0 saturated carbocycles. The third kappa shape index (κ3) is 4.79. The molecule has 0 radical (unpaired) electrons. The van der Waals surface area contributed by atoms with Crippen molar-refractivity contribution in [3.63, 3.8) is 0 Å². The molecule has 1 amide bonds. The Balaban J connectivity index is 1.51. The second-order valence-corrected chi connectivity index (χ2v) is 8.11. The van der Waals surface area contributed by atoms with Crippen molar-refractivity contribution in [1.82, 2.24) is 19.7 Å². The maximum atomic E-state index is 13.3. The largest absolute Gasteiger partial charge is 0.443 e. The molecule has 1 saturated heterocycles. The van der Waals surface area contributed by atoms with Gasteiger partial charge in [0, 0.05) is 18.0 Å². The summed E-state index contributed by atoms with van der Waals surface area (Å²) in [6, 6.07) is 8.50. The number of hydrogen-bond acceptors (Lipinski definition) is 4. The molecule has 9 heteroatoms. The van der Waals surface area contributed by atoms with Gasteiger partial charge in [-0.25, -0.2) is 13.8 Å². The number of aryl methyl sites for hydroxylation is 1. The molecule has 2 aromatic heterocycles. The molecular weight excluding hydrogens is 426 g/mol. The first-order valence-corrected chi connectivity index (χ1v) is 10.6. The summed E-state index contributed by atoms with van der Waals surface area (Å²) in [5.41, 5.74) is 1.13. The molecule has 0 bridgehead atoms. The lowest BCUT2D eigenvalue weighted by atomic mass is 10.0. The van der Waals surface area contributed by atoms with Crippen LogP contribution >= 0.6 is 11.6 Å². The molecule has 1 aliphatic rings. The SMILES string of the molecule is Cc1cc(C(F)F)n(CC(=O)N2CCCC[C@@H]2c2ncc(Cc3ccccc3Cl)o2)n1. The summed E-state index contributed by atoms with van der Waals surface area (Å²) in [4.78, 5) is 19.1. The minimum absolute atomic E-state index is 0.239. The molecule has 4 rings (SSSR count). The van der Waals surface area contributed by atoms with Crippen molar-refractivity contribution in [3.8, 4) is 0 Å². The van der Waals surface area contributed by atoms with Crippen molar-refractivity contribution < 1.29 is 18.0 Å². The number of oxazole rings is 1. The molecule has 164 valence electrons. The molecule has 3 aromatic rings. The van der Waals surface area contributed by atoms with E-state index in [-0.39, 0.29) is 24.2 Å². The summed E-state index contributed by atoms with van der Waals surface area (Å²) in [6.45, 7) is 1.91. The Morgan fingerprint density at radius 2 is 2.13 bits per heavy atom. The van der Waals surface area contributed by atoms with Gasteiger partial charge in [-0.2, -0.15) is 5.10 Å². The third-order valence-corrected chi connectivity index (χ3v) is 5.81. The van der Waals surface area contributed by atoms with Crippen LogP contribution in [0, 0.1) is 6.92 Å². The molecule has 0 N–H and O–H groups in total. The van der Waals surface area contributed by atoms with Crippen LogP contribution in [0.2, 0.25) is 5.02 Å². The van der Waals surface area contributed by atoms with Gasteiger partial charge < -0.3 is 9.32 Å². The number of carbonyl (C=O) groups excluding carboxylic acids is 1. The third-order valence-electron chi connectivity index (χ3n) is 5.44. The maximum absolute atomic E-state index is 13.3. The van der Waals surface area contributed by atoms with Crippen molar-refractivity contribution in [2.24, 2.45) is 0 Å². The van der Waals surface area contributed by atoms with E-state index in [9.17, 15) is 13.6 Å². The minimum atomic E-state index is -2.69. The number of rotatable bonds is 6. The van der Waals surface area contributed by atoms with E-state index in [2.05, 4.69) is 10.1 Å². The number of hydrogen-bond donors (Lipinski definition) is 0. The summed E-state index contributed by atoms with van der Waals surface area (Å²) in [6.07, 6.45) is 1.94. The first-order valence-electron chi connectivity index (χ1n) is 10.2. The van der Waals surface area contributed by atoms with Crippen LogP contribution in [0.15, 0.2) is 40.9 Å². The summed E-state index contributed by atoms with van der Waals surface area (Å²) >= 11 is 6.23. The number of benzene rings is 1. The van der Waals surface area contributed by atoms with E-state index < -0.39 is 6.43 Å². The lowest BCUT2D eigenvalue weighted by molar-refractivity contribution is -0.136. The van der Waals surface area contributed by atoms with E-state index in [1.807, 2.05) is 24.3 Å². The first-order chi connectivity index (χ1) is 14.9. The fourth-order valence-corrected chi connectivity index (χ4v) is 4.16. The van der Waals surface area contributed by atoms with E-state index in [1.54, 1.807) is 18.0 Å². The normalized spacial score (nSPS) is 16.8. The van der Waals surface area contributed by atoms with E-state index >= 15 is 0 Å². The number of amides is 1. The Bertz CT molecular complexity index is 1070. The van der Waals surface area contributed by atoms with Gasteiger partial charge in [-0.3, -0.25) is 9.48 Å². The molecule has 3 heterocycles. The maximum Gasteiger partial charge on any atom is 0.280 e. The number of nitrogens with zero attached hydrogens (tertiary/aromatic N) is 4. The zero-order chi connectivity index (χ0) is 22.0. The van der Waals surface area contributed by atoms with Crippen molar-refractivity contribution in [2.45, 2.75) is 51.6 Å². The second-order valence-electron chi connectivity index (χ2n) is 7.70. The Hall–Kier alpha value is -2.74. The zero-order valence-corrected chi connectivity index (χ0v) is 17.9. The van der Waals surface area contributed by atoms with Crippen LogP contribution in [-0.4, -0.2) is 32.1 Å². The number of carbonyl (C=O) groups is 1. The Labute approximate surface area is 183 Å². The van der Waals surface area contributed by atoms with Crippen LogP contribution in [0.25, 0.3) is 0 Å². The average Bonchev–Trinajstić information content (AvgIpc) is 3.36. The van der Waals surface area contributed by atoms with Gasteiger partial charge in [-0.15, -0.1) is 0 Å². The highest BCUT2D eigenvalue weighted by Gasteiger charge is 2.32. The highest BCUT2D eigenvalue weighted by molar-refractivity contribution is 6.31. The van der Waals surface area contributed by atoms with Crippen molar-refractivity contribution in [3.05, 3.63) is 70.2 Å². The summed E-state index contributed by atoms with van der Waals surface area (Å²) in [5.74, 6) is 0.838. The number of piperidine rings is 1. The molecule has 1 fully saturated rings. The lowest BCUT2D eigenvalue weighted by Crippen LogP contribution is -2.40. The van der Waals surface area contributed by atoms with Crippen LogP contribution in [0.1, 0.15) is 60.3 Å². The molecular formula is C22H23ClF2N4O2. The van der Waals surface area contributed by atoms with Gasteiger partial charge in [-0.05, 0) is 43.9 Å². The number of likely N-dealkylation sites (tertiary alicyclic amines) is 1. The fourth-order valence-electron chi connectivity index (χ4n) is 3.96. The van der Waals surface area contributed by atoms with Gasteiger partial charge in [0.25, 0.3) is 6.43 Å². The van der Waals surface area contributed by atoms with Crippen molar-refractivity contribution in [1.29, 1.82) is 0 Å². The second kappa shape index (κ2) is 9.18. The topological polar surface area (TPSA) is 64.2 Å². The zero-order valence-electron chi connectivity index (χ0n) is 17.1. The Morgan fingerprint density at radius 3 is 2.90 bits per heavy atom. The standard InChI is InChI=1S/C22H23ClF2N4O2/c1-14-10-19(21(24)25)29(27-14)13-20(30)28-9-5-4-8-18(28)22-26-12-16(31-22)11-15-6-2-3-7-17(15)23/h2-3,6-7,10,12,18,21H,4-5,8-9,11,13H2,1H3/t18-/m1/s1. The molecule has 1 aromatic carbocycles. The van der Waals surface area contributed by atoms with Gasteiger partial charge in [0.15, 0.2) is 0 Å². The molecule has 0 unspecified atom stereocenters.